The Morgan fingerprint density at radius 1 is 1.27 bits per heavy atom. The Hall–Kier alpha value is -1.82. The number of hydrogen-bond donors (Lipinski definition) is 1. The Bertz CT molecular complexity index is 808. The number of amides is 1. The van der Waals surface area contributed by atoms with Gasteiger partial charge in [0, 0.05) is 9.75 Å². The molecular formula is C20H22F3NOS. The van der Waals surface area contributed by atoms with Crippen LogP contribution in [0.4, 0.5) is 13.2 Å². The van der Waals surface area contributed by atoms with Crippen molar-refractivity contribution in [2.45, 2.75) is 52.3 Å². The molecule has 1 amide bonds. The first-order chi connectivity index (χ1) is 12.1. The molecule has 140 valence electrons. The molecule has 0 aliphatic heterocycles. The van der Waals surface area contributed by atoms with E-state index in [9.17, 15) is 18.0 Å². The third-order valence-electron chi connectivity index (χ3n) is 4.72. The van der Waals surface area contributed by atoms with Gasteiger partial charge in [0.2, 0.25) is 5.91 Å². The van der Waals surface area contributed by atoms with Crippen molar-refractivity contribution in [3.63, 3.8) is 0 Å². The van der Waals surface area contributed by atoms with Crippen molar-refractivity contribution < 1.29 is 18.0 Å². The first kappa shape index (κ1) is 19.0. The van der Waals surface area contributed by atoms with Gasteiger partial charge in [0.1, 0.15) is 0 Å². The van der Waals surface area contributed by atoms with E-state index in [0.29, 0.717) is 17.5 Å². The van der Waals surface area contributed by atoms with Gasteiger partial charge in [0.05, 0.1) is 18.5 Å². The van der Waals surface area contributed by atoms with E-state index in [1.165, 1.54) is 22.9 Å². The highest BCUT2D eigenvalue weighted by Gasteiger charge is 2.30. The molecule has 1 heterocycles. The molecule has 0 saturated heterocycles. The summed E-state index contributed by atoms with van der Waals surface area (Å²) < 4.78 is 38.2. The van der Waals surface area contributed by atoms with Crippen LogP contribution < -0.4 is 5.32 Å². The molecule has 6 heteroatoms. The predicted molar refractivity (Wildman–Crippen MR) is 97.1 cm³/mol. The van der Waals surface area contributed by atoms with Gasteiger partial charge in [0.15, 0.2) is 0 Å². The molecule has 0 saturated carbocycles. The third-order valence-corrected chi connectivity index (χ3v) is 5.96. The second-order valence-corrected chi connectivity index (χ2v) is 8.88. The van der Waals surface area contributed by atoms with E-state index in [-0.39, 0.29) is 12.3 Å². The van der Waals surface area contributed by atoms with Crippen LogP contribution >= 0.6 is 11.3 Å². The molecule has 0 unspecified atom stereocenters. The number of fused-ring (bicyclic) bond motifs is 1. The second-order valence-electron chi connectivity index (χ2n) is 7.65. The molecule has 0 bridgehead atoms. The Morgan fingerprint density at radius 3 is 2.77 bits per heavy atom. The van der Waals surface area contributed by atoms with E-state index >= 15 is 0 Å². The molecule has 2 nitrogen and oxygen atoms in total. The highest BCUT2D eigenvalue weighted by Crippen LogP contribution is 2.38. The quantitative estimate of drug-likeness (QED) is 0.781. The van der Waals surface area contributed by atoms with Gasteiger partial charge in [-0.15, -0.1) is 11.3 Å². The first-order valence-electron chi connectivity index (χ1n) is 8.66. The lowest BCUT2D eigenvalue weighted by atomic mass is 9.77. The lowest BCUT2D eigenvalue weighted by Gasteiger charge is -2.29. The average Bonchev–Trinajstić information content (AvgIpc) is 2.93. The number of benzene rings is 1. The smallest absolute Gasteiger partial charge is 0.351 e. The zero-order valence-electron chi connectivity index (χ0n) is 14.9. The molecule has 0 spiro atoms. The van der Waals surface area contributed by atoms with Crippen LogP contribution in [0.3, 0.4) is 0 Å². The van der Waals surface area contributed by atoms with E-state index in [1.54, 1.807) is 17.4 Å². The summed E-state index contributed by atoms with van der Waals surface area (Å²) in [5.41, 5.74) is 1.33. The van der Waals surface area contributed by atoms with Gasteiger partial charge in [-0.05, 0) is 47.9 Å². The minimum absolute atomic E-state index is 0.0535. The minimum atomic E-state index is -4.39. The number of rotatable bonds is 4. The molecule has 1 aromatic heterocycles. The second kappa shape index (κ2) is 7.06. The van der Waals surface area contributed by atoms with E-state index in [1.807, 2.05) is 0 Å². The third kappa shape index (κ3) is 4.67. The van der Waals surface area contributed by atoms with Crippen LogP contribution in [0.5, 0.6) is 0 Å². The maximum atomic E-state index is 12.7. The lowest BCUT2D eigenvalue weighted by molar-refractivity contribution is -0.137. The number of hydrogen-bond acceptors (Lipinski definition) is 2. The Morgan fingerprint density at radius 2 is 2.04 bits per heavy atom. The Balaban J connectivity index is 1.58. The zero-order chi connectivity index (χ0) is 18.9. The van der Waals surface area contributed by atoms with E-state index in [4.69, 9.17) is 0 Å². The fraction of sp³-hybridized carbons (Fsp3) is 0.450. The topological polar surface area (TPSA) is 29.1 Å². The van der Waals surface area contributed by atoms with Crippen molar-refractivity contribution in [1.82, 2.24) is 5.32 Å². The summed E-state index contributed by atoms with van der Waals surface area (Å²) in [7, 11) is 0. The molecule has 3 rings (SSSR count). The van der Waals surface area contributed by atoms with E-state index in [2.05, 4.69) is 25.2 Å². The van der Waals surface area contributed by atoms with Crippen molar-refractivity contribution in [3.8, 4) is 0 Å². The predicted octanol–water partition coefficient (Wildman–Crippen LogP) is 5.14. The number of carbonyl (C=O) groups is 1. The Labute approximate surface area is 155 Å². The number of aryl methyl sites for hydroxylation is 1. The van der Waals surface area contributed by atoms with Crippen molar-refractivity contribution >= 4 is 17.2 Å². The van der Waals surface area contributed by atoms with Crippen molar-refractivity contribution in [2.75, 3.05) is 0 Å². The van der Waals surface area contributed by atoms with Gasteiger partial charge >= 0.3 is 6.18 Å². The summed E-state index contributed by atoms with van der Waals surface area (Å²) in [6, 6.07) is 7.08. The minimum Gasteiger partial charge on any atom is -0.351 e. The van der Waals surface area contributed by atoms with Gasteiger partial charge in [-0.2, -0.15) is 13.2 Å². The van der Waals surface area contributed by atoms with Crippen LogP contribution in [0.25, 0.3) is 0 Å². The summed E-state index contributed by atoms with van der Waals surface area (Å²) >= 11 is 1.73. The molecule has 0 fully saturated rings. The van der Waals surface area contributed by atoms with Crippen LogP contribution in [-0.4, -0.2) is 5.91 Å². The molecule has 1 aliphatic carbocycles. The molecular weight excluding hydrogens is 359 g/mol. The number of alkyl halides is 3. The molecule has 2 aromatic rings. The normalized spacial score (nSPS) is 16.2. The number of nitrogens with one attached hydrogen (secondary N) is 1. The highest BCUT2D eigenvalue weighted by atomic mass is 32.1. The maximum Gasteiger partial charge on any atom is 0.416 e. The molecule has 0 radical (unpaired) electrons. The standard InChI is InChI=1S/C20H22F3NOS/c1-19(2)7-6-17-14(11-19)10-16(26-17)12-24-18(25)9-13-4-3-5-15(8-13)20(21,22)23/h3-5,8,10H,6-7,9,11-12H2,1-2H3,(H,24,25). The molecule has 1 N–H and O–H groups in total. The maximum absolute atomic E-state index is 12.7. The fourth-order valence-corrected chi connectivity index (χ4v) is 4.45. The van der Waals surface area contributed by atoms with Gasteiger partial charge in [-0.25, -0.2) is 0 Å². The van der Waals surface area contributed by atoms with Gasteiger partial charge in [0.25, 0.3) is 0 Å². The summed E-state index contributed by atoms with van der Waals surface area (Å²) in [5, 5.41) is 2.83. The van der Waals surface area contributed by atoms with Gasteiger partial charge in [-0.3, -0.25) is 4.79 Å². The zero-order valence-corrected chi connectivity index (χ0v) is 15.7. The molecule has 26 heavy (non-hydrogen) atoms. The van der Waals surface area contributed by atoms with E-state index < -0.39 is 11.7 Å². The first-order valence-corrected chi connectivity index (χ1v) is 9.47. The summed E-state index contributed by atoms with van der Waals surface area (Å²) in [6.07, 6.45) is -1.15. The van der Waals surface area contributed by atoms with Crippen molar-refractivity contribution in [3.05, 3.63) is 56.8 Å². The van der Waals surface area contributed by atoms with E-state index in [0.717, 1.165) is 29.9 Å². The number of halogens is 3. The summed E-state index contributed by atoms with van der Waals surface area (Å²) in [5.74, 6) is -0.268. The van der Waals surface area contributed by atoms with Crippen LogP contribution in [-0.2, 0) is 36.8 Å². The molecule has 0 atom stereocenters. The average molecular weight is 381 g/mol. The SMILES string of the molecule is CC1(C)CCc2sc(CNC(=O)Cc3cccc(C(F)(F)F)c3)cc2C1. The number of thiophene rings is 1. The van der Waals surface area contributed by atoms with Crippen molar-refractivity contribution in [1.29, 1.82) is 0 Å². The summed E-state index contributed by atoms with van der Waals surface area (Å²) in [6.45, 7) is 4.96. The highest BCUT2D eigenvalue weighted by molar-refractivity contribution is 7.12. The van der Waals surface area contributed by atoms with Crippen LogP contribution in [0.15, 0.2) is 30.3 Å². The van der Waals surface area contributed by atoms with Crippen LogP contribution in [0.2, 0.25) is 0 Å². The fourth-order valence-electron chi connectivity index (χ4n) is 3.32. The number of carbonyl (C=O) groups excluding carboxylic acids is 1. The summed E-state index contributed by atoms with van der Waals surface area (Å²) in [4.78, 5) is 14.6. The molecule has 1 aromatic carbocycles. The lowest BCUT2D eigenvalue weighted by Crippen LogP contribution is -2.24. The van der Waals surface area contributed by atoms with Gasteiger partial charge < -0.3 is 5.32 Å². The monoisotopic (exact) mass is 381 g/mol. The van der Waals surface area contributed by atoms with Crippen molar-refractivity contribution in [2.24, 2.45) is 5.41 Å². The van der Waals surface area contributed by atoms with Gasteiger partial charge in [-0.1, -0.05) is 32.0 Å². The molecule has 1 aliphatic rings. The van der Waals surface area contributed by atoms with Crippen LogP contribution in [0, 0.1) is 5.41 Å². The van der Waals surface area contributed by atoms with Crippen LogP contribution in [0.1, 0.15) is 46.7 Å². The Kier molecular flexibility index (Phi) is 5.15. The largest absolute Gasteiger partial charge is 0.416 e.